The van der Waals surface area contributed by atoms with E-state index in [-0.39, 0.29) is 12.5 Å². The number of imidazole rings is 1. The van der Waals surface area contributed by atoms with Gasteiger partial charge in [-0.25, -0.2) is 10.4 Å². The van der Waals surface area contributed by atoms with E-state index in [1.807, 2.05) is 65.2 Å². The number of nitrogens with zero attached hydrogens (tertiary/aromatic N) is 4. The van der Waals surface area contributed by atoms with E-state index in [9.17, 15) is 4.79 Å². The van der Waals surface area contributed by atoms with Gasteiger partial charge in [0.15, 0.2) is 5.82 Å². The van der Waals surface area contributed by atoms with Crippen LogP contribution < -0.4 is 5.43 Å². The summed E-state index contributed by atoms with van der Waals surface area (Å²) in [6.45, 7) is 0.0618. The van der Waals surface area contributed by atoms with Gasteiger partial charge in [-0.15, -0.1) is 0 Å². The second-order valence-electron chi connectivity index (χ2n) is 6.04. The third-order valence-corrected chi connectivity index (χ3v) is 4.49. The third-order valence-electron chi connectivity index (χ3n) is 4.15. The lowest BCUT2D eigenvalue weighted by Crippen LogP contribution is -2.23. The van der Waals surface area contributed by atoms with Crippen molar-refractivity contribution in [2.45, 2.75) is 6.54 Å². The van der Waals surface area contributed by atoms with Crippen molar-refractivity contribution in [1.82, 2.24) is 20.0 Å². The summed E-state index contributed by atoms with van der Waals surface area (Å²) < 4.78 is 1.83. The quantitative estimate of drug-likeness (QED) is 0.415. The SMILES string of the molecule is O=C(Cn1c(-c2ccccn2)nc2ccccc21)N/N=C\c1ccccc1Cl. The Kier molecular flexibility index (Phi) is 5.12. The van der Waals surface area contributed by atoms with E-state index >= 15 is 0 Å². The molecule has 7 heteroatoms. The van der Waals surface area contributed by atoms with E-state index in [0.717, 1.165) is 16.6 Å². The number of nitrogens with one attached hydrogen (secondary N) is 1. The highest BCUT2D eigenvalue weighted by Crippen LogP contribution is 2.23. The molecule has 1 amide bonds. The number of carbonyl (C=O) groups is 1. The van der Waals surface area contributed by atoms with Gasteiger partial charge in [-0.05, 0) is 30.3 Å². The second-order valence-corrected chi connectivity index (χ2v) is 6.45. The van der Waals surface area contributed by atoms with Gasteiger partial charge in [0.25, 0.3) is 5.91 Å². The Bertz CT molecular complexity index is 1150. The number of pyridine rings is 1. The predicted molar refractivity (Wildman–Crippen MR) is 110 cm³/mol. The lowest BCUT2D eigenvalue weighted by atomic mass is 10.2. The zero-order valence-electron chi connectivity index (χ0n) is 14.8. The standard InChI is InChI=1S/C21H16ClN5O/c22-16-8-2-1-7-15(16)13-24-26-20(28)14-27-19-11-4-3-9-17(19)25-21(27)18-10-5-6-12-23-18/h1-13H,14H2,(H,26,28)/b24-13-. The number of hydrogen-bond donors (Lipinski definition) is 1. The fraction of sp³-hybridized carbons (Fsp3) is 0.0476. The molecule has 0 aliphatic rings. The van der Waals surface area contributed by atoms with Crippen molar-refractivity contribution < 1.29 is 4.79 Å². The van der Waals surface area contributed by atoms with Crippen LogP contribution in [-0.2, 0) is 11.3 Å². The van der Waals surface area contributed by atoms with Crippen molar-refractivity contribution in [3.8, 4) is 11.5 Å². The summed E-state index contributed by atoms with van der Waals surface area (Å²) in [5.41, 5.74) is 5.63. The Morgan fingerprint density at radius 2 is 1.86 bits per heavy atom. The molecule has 0 fully saturated rings. The molecule has 0 saturated carbocycles. The molecule has 2 aromatic carbocycles. The Balaban J connectivity index is 1.59. The molecular weight excluding hydrogens is 374 g/mol. The molecule has 1 N–H and O–H groups in total. The molecule has 0 saturated heterocycles. The summed E-state index contributed by atoms with van der Waals surface area (Å²) in [5, 5.41) is 4.58. The summed E-state index contributed by atoms with van der Waals surface area (Å²) in [6, 6.07) is 20.5. The third kappa shape index (κ3) is 3.77. The van der Waals surface area contributed by atoms with Gasteiger partial charge < -0.3 is 4.57 Å². The molecule has 2 heterocycles. The van der Waals surface area contributed by atoms with Gasteiger partial charge in [0.1, 0.15) is 12.2 Å². The smallest absolute Gasteiger partial charge is 0.260 e. The van der Waals surface area contributed by atoms with Crippen molar-refractivity contribution in [2.75, 3.05) is 0 Å². The molecule has 0 aliphatic carbocycles. The van der Waals surface area contributed by atoms with Crippen molar-refractivity contribution >= 4 is 34.8 Å². The van der Waals surface area contributed by atoms with Crippen LogP contribution in [0.1, 0.15) is 5.56 Å². The number of amides is 1. The van der Waals surface area contributed by atoms with E-state index in [4.69, 9.17) is 11.6 Å². The molecule has 6 nitrogen and oxygen atoms in total. The monoisotopic (exact) mass is 389 g/mol. The fourth-order valence-electron chi connectivity index (χ4n) is 2.86. The predicted octanol–water partition coefficient (Wildman–Crippen LogP) is 3.90. The van der Waals surface area contributed by atoms with Crippen LogP contribution in [0.25, 0.3) is 22.6 Å². The number of hydrazone groups is 1. The Labute approximate surface area is 166 Å². The van der Waals surface area contributed by atoms with Crippen molar-refractivity contribution in [2.24, 2.45) is 5.10 Å². The van der Waals surface area contributed by atoms with E-state index in [2.05, 4.69) is 20.5 Å². The number of carbonyl (C=O) groups excluding carboxylic acids is 1. The molecule has 0 atom stereocenters. The first kappa shape index (κ1) is 17.9. The minimum atomic E-state index is -0.274. The fourth-order valence-corrected chi connectivity index (χ4v) is 3.04. The highest BCUT2D eigenvalue weighted by Gasteiger charge is 2.15. The van der Waals surface area contributed by atoms with Crippen LogP contribution in [0.3, 0.4) is 0 Å². The minimum Gasteiger partial charge on any atom is -0.313 e. The first-order valence-electron chi connectivity index (χ1n) is 8.65. The molecule has 0 radical (unpaired) electrons. The Morgan fingerprint density at radius 3 is 2.68 bits per heavy atom. The number of fused-ring (bicyclic) bond motifs is 1. The highest BCUT2D eigenvalue weighted by atomic mass is 35.5. The van der Waals surface area contributed by atoms with E-state index in [0.29, 0.717) is 16.5 Å². The molecule has 28 heavy (non-hydrogen) atoms. The van der Waals surface area contributed by atoms with Crippen LogP contribution >= 0.6 is 11.6 Å². The molecule has 0 aliphatic heterocycles. The van der Waals surface area contributed by atoms with Crippen LogP contribution in [0.4, 0.5) is 0 Å². The van der Waals surface area contributed by atoms with Gasteiger partial charge in [-0.3, -0.25) is 9.78 Å². The molecule has 2 aromatic heterocycles. The molecule has 0 bridgehead atoms. The first-order chi connectivity index (χ1) is 13.7. The summed E-state index contributed by atoms with van der Waals surface area (Å²) in [7, 11) is 0. The van der Waals surface area contributed by atoms with Crippen LogP contribution in [0.2, 0.25) is 5.02 Å². The minimum absolute atomic E-state index is 0.0618. The van der Waals surface area contributed by atoms with Gasteiger partial charge >= 0.3 is 0 Å². The number of halogens is 1. The van der Waals surface area contributed by atoms with Crippen LogP contribution in [0, 0.1) is 0 Å². The number of para-hydroxylation sites is 2. The maximum atomic E-state index is 12.5. The summed E-state index contributed by atoms with van der Waals surface area (Å²) in [6.07, 6.45) is 3.22. The largest absolute Gasteiger partial charge is 0.313 e. The molecular formula is C21H16ClN5O. The average Bonchev–Trinajstić information content (AvgIpc) is 3.09. The van der Waals surface area contributed by atoms with Gasteiger partial charge in [0.2, 0.25) is 0 Å². The summed E-state index contributed by atoms with van der Waals surface area (Å²) in [5.74, 6) is 0.357. The second kappa shape index (κ2) is 8.02. The number of hydrogen-bond acceptors (Lipinski definition) is 4. The summed E-state index contributed by atoms with van der Waals surface area (Å²) >= 11 is 6.09. The van der Waals surface area contributed by atoms with Gasteiger partial charge in [-0.2, -0.15) is 5.10 Å². The van der Waals surface area contributed by atoms with Crippen molar-refractivity contribution in [3.63, 3.8) is 0 Å². The van der Waals surface area contributed by atoms with Crippen LogP contribution in [0.5, 0.6) is 0 Å². The maximum Gasteiger partial charge on any atom is 0.260 e. The topological polar surface area (TPSA) is 72.2 Å². The number of aromatic nitrogens is 3. The van der Waals surface area contributed by atoms with E-state index < -0.39 is 0 Å². The van der Waals surface area contributed by atoms with E-state index in [1.54, 1.807) is 12.3 Å². The molecule has 4 aromatic rings. The lowest BCUT2D eigenvalue weighted by molar-refractivity contribution is -0.121. The Hall–Kier alpha value is -3.51. The summed E-state index contributed by atoms with van der Waals surface area (Å²) in [4.78, 5) is 21.5. The first-order valence-corrected chi connectivity index (χ1v) is 9.03. The lowest BCUT2D eigenvalue weighted by Gasteiger charge is -2.08. The van der Waals surface area contributed by atoms with Crippen LogP contribution in [-0.4, -0.2) is 26.7 Å². The normalized spacial score (nSPS) is 11.2. The zero-order valence-corrected chi connectivity index (χ0v) is 15.5. The van der Waals surface area contributed by atoms with Gasteiger partial charge in [0, 0.05) is 16.8 Å². The number of benzene rings is 2. The maximum absolute atomic E-state index is 12.5. The Morgan fingerprint density at radius 1 is 1.07 bits per heavy atom. The molecule has 138 valence electrons. The molecule has 0 unspecified atom stereocenters. The zero-order chi connectivity index (χ0) is 19.3. The van der Waals surface area contributed by atoms with Crippen molar-refractivity contribution in [1.29, 1.82) is 0 Å². The number of rotatable bonds is 5. The molecule has 0 spiro atoms. The molecule has 4 rings (SSSR count). The van der Waals surface area contributed by atoms with Crippen LogP contribution in [0.15, 0.2) is 78.0 Å². The van der Waals surface area contributed by atoms with Gasteiger partial charge in [-0.1, -0.05) is 48.0 Å². The highest BCUT2D eigenvalue weighted by molar-refractivity contribution is 6.33. The van der Waals surface area contributed by atoms with Crippen molar-refractivity contribution in [3.05, 3.63) is 83.5 Å². The average molecular weight is 390 g/mol. The van der Waals surface area contributed by atoms with E-state index in [1.165, 1.54) is 6.21 Å². The van der Waals surface area contributed by atoms with Gasteiger partial charge in [0.05, 0.1) is 17.2 Å².